The highest BCUT2D eigenvalue weighted by molar-refractivity contribution is 6.30. The Balaban J connectivity index is 1.56. The van der Waals surface area contributed by atoms with E-state index < -0.39 is 0 Å². The molecule has 0 saturated heterocycles. The van der Waals surface area contributed by atoms with Gasteiger partial charge in [-0.25, -0.2) is 0 Å². The third kappa shape index (κ3) is 4.24. The van der Waals surface area contributed by atoms with Crippen molar-refractivity contribution in [2.24, 2.45) is 7.05 Å². The molecule has 0 radical (unpaired) electrons. The Morgan fingerprint density at radius 3 is 2.72 bits per heavy atom. The average molecular weight is 446 g/mol. The zero-order valence-electron chi connectivity index (χ0n) is 17.9. The van der Waals surface area contributed by atoms with Crippen molar-refractivity contribution >= 4 is 11.6 Å². The van der Waals surface area contributed by atoms with Crippen LogP contribution in [0, 0.1) is 0 Å². The highest BCUT2D eigenvalue weighted by Crippen LogP contribution is 2.26. The number of benzene rings is 1. The number of hydrogen-bond acceptors (Lipinski definition) is 4. The summed E-state index contributed by atoms with van der Waals surface area (Å²) in [5.74, 6) is 0. The Labute approximate surface area is 191 Å². The molecule has 0 amide bonds. The quantitative estimate of drug-likeness (QED) is 0.467. The smallest absolute Gasteiger partial charge is 0.258 e. The van der Waals surface area contributed by atoms with Gasteiger partial charge in [-0.05, 0) is 41.0 Å². The summed E-state index contributed by atoms with van der Waals surface area (Å²) in [5, 5.41) is 4.91. The molecule has 0 bridgehead atoms. The number of nitrogens with zero attached hydrogens (tertiary/aromatic N) is 5. The molecule has 1 aliphatic heterocycles. The summed E-state index contributed by atoms with van der Waals surface area (Å²) in [7, 11) is 1.93. The Morgan fingerprint density at radius 1 is 1.06 bits per heavy atom. The fourth-order valence-corrected chi connectivity index (χ4v) is 4.62. The third-order valence-corrected chi connectivity index (χ3v) is 6.15. The van der Waals surface area contributed by atoms with Crippen LogP contribution in [0.4, 0.5) is 0 Å². The van der Waals surface area contributed by atoms with Gasteiger partial charge in [0, 0.05) is 73.5 Å². The van der Waals surface area contributed by atoms with Gasteiger partial charge in [0.25, 0.3) is 5.56 Å². The average Bonchev–Trinajstić information content (AvgIpc) is 3.20. The Morgan fingerprint density at radius 2 is 1.97 bits per heavy atom. The largest absolute Gasteiger partial charge is 0.307 e. The maximum Gasteiger partial charge on any atom is 0.258 e. The SMILES string of the molecule is Cn1cc(CN2CCc3c(cc(-c4cccc(Cl)c4)c(=O)n3Cc3cccnc3)C2)cn1. The van der Waals surface area contributed by atoms with Crippen molar-refractivity contribution in [3.63, 3.8) is 0 Å². The molecule has 0 spiro atoms. The van der Waals surface area contributed by atoms with Crippen molar-refractivity contribution in [1.29, 1.82) is 0 Å². The highest BCUT2D eigenvalue weighted by Gasteiger charge is 2.23. The summed E-state index contributed by atoms with van der Waals surface area (Å²) in [4.78, 5) is 20.2. The first kappa shape index (κ1) is 20.7. The molecule has 0 unspecified atom stereocenters. The number of hydrogen-bond donors (Lipinski definition) is 0. The minimum Gasteiger partial charge on any atom is -0.307 e. The van der Waals surface area contributed by atoms with Crippen molar-refractivity contribution in [2.45, 2.75) is 26.1 Å². The van der Waals surface area contributed by atoms with E-state index in [0.717, 1.165) is 42.9 Å². The molecule has 4 heterocycles. The summed E-state index contributed by atoms with van der Waals surface area (Å²) in [5.41, 5.74) is 6.02. The van der Waals surface area contributed by atoms with E-state index in [-0.39, 0.29) is 5.56 Å². The zero-order chi connectivity index (χ0) is 22.1. The highest BCUT2D eigenvalue weighted by atomic mass is 35.5. The molecule has 5 rings (SSSR count). The van der Waals surface area contributed by atoms with Gasteiger partial charge in [0.1, 0.15) is 0 Å². The van der Waals surface area contributed by atoms with Crippen LogP contribution in [0.2, 0.25) is 5.02 Å². The van der Waals surface area contributed by atoms with Crippen LogP contribution < -0.4 is 5.56 Å². The lowest BCUT2D eigenvalue weighted by molar-refractivity contribution is 0.240. The lowest BCUT2D eigenvalue weighted by atomic mass is 9.98. The standard InChI is InChI=1S/C25H24ClN5O/c1-29-14-19(13-28-29)15-30-9-7-24-21(17-30)11-23(20-5-2-6-22(26)10-20)25(32)31(24)16-18-4-3-8-27-12-18/h2-6,8,10-14H,7,9,15-17H2,1H3. The summed E-state index contributed by atoms with van der Waals surface area (Å²) in [6.07, 6.45) is 8.36. The predicted molar refractivity (Wildman–Crippen MR) is 126 cm³/mol. The van der Waals surface area contributed by atoms with Gasteiger partial charge >= 0.3 is 0 Å². The van der Waals surface area contributed by atoms with Crippen LogP contribution >= 0.6 is 11.6 Å². The molecular weight excluding hydrogens is 422 g/mol. The third-order valence-electron chi connectivity index (χ3n) is 5.91. The topological polar surface area (TPSA) is 56.0 Å². The molecule has 0 aliphatic carbocycles. The number of aromatic nitrogens is 4. The van der Waals surface area contributed by atoms with Gasteiger partial charge in [-0.15, -0.1) is 0 Å². The molecule has 1 aromatic carbocycles. The van der Waals surface area contributed by atoms with Gasteiger partial charge < -0.3 is 4.57 Å². The molecule has 0 N–H and O–H groups in total. The van der Waals surface area contributed by atoms with Crippen molar-refractivity contribution < 1.29 is 0 Å². The van der Waals surface area contributed by atoms with Gasteiger partial charge in [0.15, 0.2) is 0 Å². The van der Waals surface area contributed by atoms with Crippen molar-refractivity contribution in [2.75, 3.05) is 6.54 Å². The van der Waals surface area contributed by atoms with Crippen LogP contribution in [0.5, 0.6) is 0 Å². The van der Waals surface area contributed by atoms with E-state index >= 15 is 0 Å². The van der Waals surface area contributed by atoms with Crippen LogP contribution in [0.25, 0.3) is 11.1 Å². The monoisotopic (exact) mass is 445 g/mol. The predicted octanol–water partition coefficient (Wildman–Crippen LogP) is 3.90. The zero-order valence-corrected chi connectivity index (χ0v) is 18.7. The van der Waals surface area contributed by atoms with E-state index in [4.69, 9.17) is 11.6 Å². The molecule has 6 nitrogen and oxygen atoms in total. The van der Waals surface area contributed by atoms with Crippen LogP contribution in [0.1, 0.15) is 22.4 Å². The van der Waals surface area contributed by atoms with E-state index in [1.54, 1.807) is 6.20 Å². The fraction of sp³-hybridized carbons (Fsp3) is 0.240. The number of pyridine rings is 2. The van der Waals surface area contributed by atoms with Crippen LogP contribution in [-0.4, -0.2) is 30.8 Å². The first-order chi connectivity index (χ1) is 15.6. The normalized spacial score (nSPS) is 13.8. The Bertz CT molecular complexity index is 1310. The first-order valence-electron chi connectivity index (χ1n) is 10.7. The first-order valence-corrected chi connectivity index (χ1v) is 11.0. The molecule has 32 heavy (non-hydrogen) atoms. The lowest BCUT2D eigenvalue weighted by Crippen LogP contribution is -2.36. The summed E-state index contributed by atoms with van der Waals surface area (Å²) < 4.78 is 3.75. The summed E-state index contributed by atoms with van der Waals surface area (Å²) in [6.45, 7) is 3.02. The second-order valence-corrected chi connectivity index (χ2v) is 8.71. The van der Waals surface area contributed by atoms with Crippen LogP contribution in [0.15, 0.2) is 72.0 Å². The fourth-order valence-electron chi connectivity index (χ4n) is 4.43. The van der Waals surface area contributed by atoms with Crippen LogP contribution in [-0.2, 0) is 33.1 Å². The Hall–Kier alpha value is -3.22. The van der Waals surface area contributed by atoms with Gasteiger partial charge in [-0.3, -0.25) is 19.4 Å². The summed E-state index contributed by atoms with van der Waals surface area (Å²) in [6, 6.07) is 13.5. The number of aryl methyl sites for hydroxylation is 1. The van der Waals surface area contributed by atoms with Crippen molar-refractivity contribution in [3.05, 3.63) is 105 Å². The Kier molecular flexibility index (Phi) is 5.64. The summed E-state index contributed by atoms with van der Waals surface area (Å²) >= 11 is 6.24. The van der Waals surface area contributed by atoms with Crippen LogP contribution in [0.3, 0.4) is 0 Å². The number of fused-ring (bicyclic) bond motifs is 1. The second kappa shape index (κ2) is 8.73. The lowest BCUT2D eigenvalue weighted by Gasteiger charge is -2.31. The minimum atomic E-state index is 0.00980. The van der Waals surface area contributed by atoms with Crippen molar-refractivity contribution in [3.8, 4) is 11.1 Å². The van der Waals surface area contributed by atoms with E-state index in [2.05, 4.69) is 27.2 Å². The molecule has 3 aromatic heterocycles. The number of halogens is 1. The molecule has 0 atom stereocenters. The maximum atomic E-state index is 13.6. The van der Waals surface area contributed by atoms with Crippen molar-refractivity contribution in [1.82, 2.24) is 24.2 Å². The maximum absolute atomic E-state index is 13.6. The molecule has 7 heteroatoms. The molecule has 162 valence electrons. The molecule has 1 aliphatic rings. The molecule has 0 saturated carbocycles. The number of rotatable bonds is 5. The van der Waals surface area contributed by atoms with E-state index in [0.29, 0.717) is 17.1 Å². The van der Waals surface area contributed by atoms with Gasteiger partial charge in [0.2, 0.25) is 0 Å². The van der Waals surface area contributed by atoms with Gasteiger partial charge in [-0.2, -0.15) is 5.10 Å². The van der Waals surface area contributed by atoms with E-state index in [9.17, 15) is 4.79 Å². The minimum absolute atomic E-state index is 0.00980. The van der Waals surface area contributed by atoms with Gasteiger partial charge in [-0.1, -0.05) is 29.8 Å². The molecule has 0 fully saturated rings. The van der Waals surface area contributed by atoms with E-state index in [1.807, 2.05) is 65.1 Å². The van der Waals surface area contributed by atoms with E-state index in [1.165, 1.54) is 11.1 Å². The second-order valence-electron chi connectivity index (χ2n) is 8.28. The van der Waals surface area contributed by atoms with Gasteiger partial charge in [0.05, 0.1) is 12.7 Å². The molecule has 4 aromatic rings. The molecular formula is C25H24ClN5O.